The molecule has 1 amide bonds. The molecule has 7 nitrogen and oxygen atoms in total. The molecule has 0 heterocycles. The number of aliphatic hydroxyl groups is 1. The van der Waals surface area contributed by atoms with Gasteiger partial charge in [0.25, 0.3) is 0 Å². The highest BCUT2D eigenvalue weighted by molar-refractivity contribution is 5.84. The molecule has 7 heteroatoms. The molecule has 0 saturated carbocycles. The van der Waals surface area contributed by atoms with Crippen LogP contribution >= 0.6 is 0 Å². The molecule has 23 heavy (non-hydrogen) atoms. The highest BCUT2D eigenvalue weighted by Crippen LogP contribution is 2.12. The summed E-state index contributed by atoms with van der Waals surface area (Å²) in [7, 11) is 1.66. The lowest BCUT2D eigenvalue weighted by Gasteiger charge is -2.22. The number of aliphatic hydroxyl groups excluding tert-OH is 1. The van der Waals surface area contributed by atoms with E-state index < -0.39 is 18.2 Å². The Balaban J connectivity index is 2.56. The highest BCUT2D eigenvalue weighted by atomic mass is 16.3. The molecule has 0 aliphatic rings. The van der Waals surface area contributed by atoms with Crippen LogP contribution in [0.1, 0.15) is 18.4 Å². The quantitative estimate of drug-likeness (QED) is 0.363. The van der Waals surface area contributed by atoms with Crippen molar-refractivity contribution in [1.82, 2.24) is 10.6 Å². The fourth-order valence-corrected chi connectivity index (χ4v) is 2.22. The van der Waals surface area contributed by atoms with Crippen LogP contribution < -0.4 is 16.4 Å². The van der Waals surface area contributed by atoms with E-state index in [1.54, 1.807) is 31.3 Å². The van der Waals surface area contributed by atoms with Crippen molar-refractivity contribution in [2.75, 3.05) is 13.6 Å². The first-order valence-corrected chi connectivity index (χ1v) is 7.60. The highest BCUT2D eigenvalue weighted by Gasteiger charge is 2.24. The van der Waals surface area contributed by atoms with Gasteiger partial charge >= 0.3 is 0 Å². The normalized spacial score (nSPS) is 14.7. The summed E-state index contributed by atoms with van der Waals surface area (Å²) < 4.78 is 0. The van der Waals surface area contributed by atoms with Gasteiger partial charge in [-0.15, -0.1) is 0 Å². The second kappa shape index (κ2) is 9.94. The van der Waals surface area contributed by atoms with Crippen LogP contribution in [0, 0.1) is 0 Å². The molecule has 0 radical (unpaired) electrons. The minimum absolute atomic E-state index is 0.194. The molecule has 0 saturated heterocycles. The fourth-order valence-electron chi connectivity index (χ4n) is 2.22. The lowest BCUT2D eigenvalue weighted by Crippen LogP contribution is -2.51. The topological polar surface area (TPSA) is 125 Å². The van der Waals surface area contributed by atoms with E-state index in [0.717, 1.165) is 5.56 Å². The largest absolute Gasteiger partial charge is 0.508 e. The molecule has 128 valence electrons. The van der Waals surface area contributed by atoms with Crippen LogP contribution in [-0.2, 0) is 16.0 Å². The van der Waals surface area contributed by atoms with Gasteiger partial charge in [0, 0.05) is 0 Å². The van der Waals surface area contributed by atoms with E-state index in [4.69, 9.17) is 5.73 Å². The van der Waals surface area contributed by atoms with E-state index in [1.807, 2.05) is 0 Å². The number of hydrogen-bond donors (Lipinski definition) is 5. The lowest BCUT2D eigenvalue weighted by molar-refractivity contribution is -0.127. The second-order valence-electron chi connectivity index (χ2n) is 5.36. The van der Waals surface area contributed by atoms with Crippen LogP contribution in [0.3, 0.4) is 0 Å². The van der Waals surface area contributed by atoms with Crippen molar-refractivity contribution in [3.05, 3.63) is 29.8 Å². The van der Waals surface area contributed by atoms with Gasteiger partial charge in [-0.25, -0.2) is 0 Å². The molecule has 3 atom stereocenters. The number of aryl methyl sites for hydroxylation is 1. The predicted molar refractivity (Wildman–Crippen MR) is 86.9 cm³/mol. The second-order valence-corrected chi connectivity index (χ2v) is 5.36. The van der Waals surface area contributed by atoms with Crippen molar-refractivity contribution >= 4 is 12.2 Å². The molecule has 0 aliphatic heterocycles. The van der Waals surface area contributed by atoms with Crippen LogP contribution in [-0.4, -0.2) is 54.2 Å². The van der Waals surface area contributed by atoms with E-state index in [2.05, 4.69) is 10.6 Å². The van der Waals surface area contributed by atoms with Crippen LogP contribution in [0.4, 0.5) is 0 Å². The molecule has 1 aromatic carbocycles. The summed E-state index contributed by atoms with van der Waals surface area (Å²) in [6.45, 7) is 0.234. The van der Waals surface area contributed by atoms with Gasteiger partial charge in [0.1, 0.15) is 18.1 Å². The minimum atomic E-state index is -0.990. The van der Waals surface area contributed by atoms with Gasteiger partial charge in [0.15, 0.2) is 0 Å². The summed E-state index contributed by atoms with van der Waals surface area (Å²) in [4.78, 5) is 23.2. The van der Waals surface area contributed by atoms with Gasteiger partial charge in [-0.2, -0.15) is 0 Å². The van der Waals surface area contributed by atoms with Gasteiger partial charge in [0.2, 0.25) is 5.91 Å². The Hall–Kier alpha value is -1.96. The molecular weight excluding hydrogens is 298 g/mol. The number of aldehydes is 1. The van der Waals surface area contributed by atoms with Crippen molar-refractivity contribution < 1.29 is 19.8 Å². The van der Waals surface area contributed by atoms with E-state index in [0.29, 0.717) is 19.1 Å². The van der Waals surface area contributed by atoms with Crippen LogP contribution in [0.5, 0.6) is 5.75 Å². The third-order valence-electron chi connectivity index (χ3n) is 3.66. The average Bonchev–Trinajstić information content (AvgIpc) is 2.55. The van der Waals surface area contributed by atoms with Gasteiger partial charge in [0.05, 0.1) is 12.1 Å². The number of hydrogen-bond acceptors (Lipinski definition) is 6. The standard InChI is InChI=1S/C16H25N3O4/c1-18-13(7-4-11-2-5-12(21)6-3-11)16(23)19-14(10-20)15(22)8-9-17/h2-3,5-6,10,13-15,18,21-22H,4,7-9,17H2,1H3,(H,19,23)/t13?,14?,15-/m1/s1. The number of carbonyl (C=O) groups is 2. The number of carbonyl (C=O) groups excluding carboxylic acids is 2. The number of phenolic OH excluding ortho intramolecular Hbond substituents is 1. The van der Waals surface area contributed by atoms with Gasteiger partial charge < -0.3 is 31.4 Å². The Kier molecular flexibility index (Phi) is 8.25. The molecular formula is C16H25N3O4. The first-order chi connectivity index (χ1) is 11.0. The van der Waals surface area contributed by atoms with Crippen LogP contribution in [0.25, 0.3) is 0 Å². The molecule has 0 aliphatic carbocycles. The zero-order chi connectivity index (χ0) is 17.2. The monoisotopic (exact) mass is 323 g/mol. The smallest absolute Gasteiger partial charge is 0.237 e. The minimum Gasteiger partial charge on any atom is -0.508 e. The molecule has 0 fully saturated rings. The Morgan fingerprint density at radius 3 is 2.48 bits per heavy atom. The summed E-state index contributed by atoms with van der Waals surface area (Å²) in [5.41, 5.74) is 6.33. The fraction of sp³-hybridized carbons (Fsp3) is 0.500. The number of nitrogens with two attached hydrogens (primary N) is 1. The molecule has 0 bridgehead atoms. The zero-order valence-electron chi connectivity index (χ0n) is 13.2. The molecule has 1 rings (SSSR count). The summed E-state index contributed by atoms with van der Waals surface area (Å²) in [6, 6.07) is 5.32. The molecule has 6 N–H and O–H groups in total. The van der Waals surface area contributed by atoms with E-state index in [1.165, 1.54) is 0 Å². The molecule has 0 spiro atoms. The lowest BCUT2D eigenvalue weighted by atomic mass is 10.0. The third kappa shape index (κ3) is 6.35. The Morgan fingerprint density at radius 2 is 1.96 bits per heavy atom. The number of aromatic hydroxyl groups is 1. The summed E-state index contributed by atoms with van der Waals surface area (Å²) in [5, 5.41) is 24.5. The van der Waals surface area contributed by atoms with Crippen molar-refractivity contribution in [3.8, 4) is 5.75 Å². The Morgan fingerprint density at radius 1 is 1.30 bits per heavy atom. The number of phenols is 1. The summed E-state index contributed by atoms with van der Waals surface area (Å²) >= 11 is 0. The third-order valence-corrected chi connectivity index (χ3v) is 3.66. The van der Waals surface area contributed by atoms with Gasteiger partial charge in [-0.3, -0.25) is 4.79 Å². The summed E-state index contributed by atoms with van der Waals surface area (Å²) in [6.07, 6.45) is 0.921. The van der Waals surface area contributed by atoms with Crippen LogP contribution in [0.2, 0.25) is 0 Å². The molecule has 0 aromatic heterocycles. The SMILES string of the molecule is CNC(CCc1ccc(O)cc1)C(=O)NC(C=O)[C@H](O)CCN. The molecule has 1 aromatic rings. The number of rotatable bonds is 10. The van der Waals surface area contributed by atoms with E-state index >= 15 is 0 Å². The number of likely N-dealkylation sites (N-methyl/N-ethyl adjacent to an activating group) is 1. The van der Waals surface area contributed by atoms with Gasteiger partial charge in [-0.05, 0) is 50.6 Å². The van der Waals surface area contributed by atoms with Gasteiger partial charge in [-0.1, -0.05) is 12.1 Å². The predicted octanol–water partition coefficient (Wildman–Crippen LogP) is -0.694. The summed E-state index contributed by atoms with van der Waals surface area (Å²) in [5.74, 6) is -0.154. The number of nitrogens with one attached hydrogen (secondary N) is 2. The average molecular weight is 323 g/mol. The number of benzene rings is 1. The van der Waals surface area contributed by atoms with Crippen molar-refractivity contribution in [2.45, 2.75) is 37.5 Å². The maximum atomic E-state index is 12.2. The Labute approximate surface area is 135 Å². The van der Waals surface area contributed by atoms with Crippen molar-refractivity contribution in [2.24, 2.45) is 5.73 Å². The maximum absolute atomic E-state index is 12.2. The van der Waals surface area contributed by atoms with Crippen LogP contribution in [0.15, 0.2) is 24.3 Å². The first-order valence-electron chi connectivity index (χ1n) is 7.60. The Bertz CT molecular complexity index is 493. The van der Waals surface area contributed by atoms with E-state index in [9.17, 15) is 19.8 Å². The van der Waals surface area contributed by atoms with Crippen molar-refractivity contribution in [3.63, 3.8) is 0 Å². The maximum Gasteiger partial charge on any atom is 0.237 e. The number of amides is 1. The zero-order valence-corrected chi connectivity index (χ0v) is 13.2. The van der Waals surface area contributed by atoms with Crippen molar-refractivity contribution in [1.29, 1.82) is 0 Å². The molecule has 2 unspecified atom stereocenters. The first kappa shape index (κ1) is 19.1. The van der Waals surface area contributed by atoms with E-state index in [-0.39, 0.29) is 24.6 Å².